The van der Waals surface area contributed by atoms with Crippen LogP contribution >= 0.6 is 0 Å². The first-order valence-corrected chi connectivity index (χ1v) is 7.63. The van der Waals surface area contributed by atoms with Gasteiger partial charge in [0.1, 0.15) is 5.75 Å². The molecule has 0 bridgehead atoms. The van der Waals surface area contributed by atoms with Crippen molar-refractivity contribution in [3.63, 3.8) is 0 Å². The molecule has 0 radical (unpaired) electrons. The third kappa shape index (κ3) is 2.51. The number of fused-ring (bicyclic) bond motifs is 1. The molecule has 104 valence electrons. The predicted molar refractivity (Wildman–Crippen MR) is 76.5 cm³/mol. The van der Waals surface area contributed by atoms with Gasteiger partial charge in [-0.25, -0.2) is 0 Å². The minimum absolute atomic E-state index is 0.427. The van der Waals surface area contributed by atoms with E-state index >= 15 is 0 Å². The zero-order valence-corrected chi connectivity index (χ0v) is 11.8. The third-order valence-electron chi connectivity index (χ3n) is 5.10. The Kier molecular flexibility index (Phi) is 3.53. The summed E-state index contributed by atoms with van der Waals surface area (Å²) in [5.41, 5.74) is 0.827. The normalized spacial score (nSPS) is 34.4. The summed E-state index contributed by atoms with van der Waals surface area (Å²) in [5.74, 6) is 1.90. The molecule has 0 aromatic heterocycles. The maximum Gasteiger partial charge on any atom is 0.122 e. The monoisotopic (exact) mass is 260 g/mol. The molecule has 0 amide bonds. The number of rotatable bonds is 2. The molecular formula is C17H24O2. The SMILES string of the molecule is CC1CCCCC1(O)CC1CCOc2ccccc21. The van der Waals surface area contributed by atoms with Crippen molar-refractivity contribution in [2.75, 3.05) is 6.61 Å². The van der Waals surface area contributed by atoms with Gasteiger partial charge in [0.05, 0.1) is 12.2 Å². The molecule has 3 unspecified atom stereocenters. The Morgan fingerprint density at radius 1 is 1.26 bits per heavy atom. The van der Waals surface area contributed by atoms with Gasteiger partial charge >= 0.3 is 0 Å². The summed E-state index contributed by atoms with van der Waals surface area (Å²) in [6.45, 7) is 3.00. The van der Waals surface area contributed by atoms with Crippen LogP contribution in [0.5, 0.6) is 5.75 Å². The third-order valence-corrected chi connectivity index (χ3v) is 5.10. The summed E-state index contributed by atoms with van der Waals surface area (Å²) in [4.78, 5) is 0. The second-order valence-electron chi connectivity index (χ2n) is 6.33. The van der Waals surface area contributed by atoms with Crippen molar-refractivity contribution in [3.8, 4) is 5.75 Å². The van der Waals surface area contributed by atoms with Crippen molar-refractivity contribution in [2.45, 2.75) is 57.0 Å². The molecule has 1 heterocycles. The van der Waals surface area contributed by atoms with Crippen LogP contribution in [0.3, 0.4) is 0 Å². The first kappa shape index (κ1) is 13.0. The average Bonchev–Trinajstić information content (AvgIpc) is 2.43. The molecule has 1 saturated carbocycles. The molecule has 2 heteroatoms. The first-order valence-electron chi connectivity index (χ1n) is 7.63. The molecule has 0 saturated heterocycles. The highest BCUT2D eigenvalue weighted by molar-refractivity contribution is 5.38. The molecular weight excluding hydrogens is 236 g/mol. The van der Waals surface area contributed by atoms with Crippen LogP contribution in [0.2, 0.25) is 0 Å². The van der Waals surface area contributed by atoms with Gasteiger partial charge in [0.2, 0.25) is 0 Å². The number of para-hydroxylation sites is 1. The number of hydrogen-bond acceptors (Lipinski definition) is 2. The van der Waals surface area contributed by atoms with Gasteiger partial charge in [-0.3, -0.25) is 0 Å². The molecule has 2 aliphatic rings. The van der Waals surface area contributed by atoms with Gasteiger partial charge in [-0.05, 0) is 49.1 Å². The molecule has 0 spiro atoms. The van der Waals surface area contributed by atoms with Crippen LogP contribution in [0.4, 0.5) is 0 Å². The van der Waals surface area contributed by atoms with Crippen LogP contribution in [0, 0.1) is 5.92 Å². The average molecular weight is 260 g/mol. The molecule has 2 nitrogen and oxygen atoms in total. The van der Waals surface area contributed by atoms with Crippen molar-refractivity contribution in [2.24, 2.45) is 5.92 Å². The summed E-state index contributed by atoms with van der Waals surface area (Å²) in [6.07, 6.45) is 6.51. The van der Waals surface area contributed by atoms with Crippen molar-refractivity contribution in [1.82, 2.24) is 0 Å². The lowest BCUT2D eigenvalue weighted by molar-refractivity contribution is -0.0551. The standard InChI is InChI=1S/C17H24O2/c1-13-6-4-5-10-17(13,18)12-14-9-11-19-16-8-3-2-7-15(14)16/h2-3,7-8,13-14,18H,4-6,9-12H2,1H3. The molecule has 1 N–H and O–H groups in total. The van der Waals surface area contributed by atoms with E-state index in [0.29, 0.717) is 11.8 Å². The van der Waals surface area contributed by atoms with Gasteiger partial charge < -0.3 is 9.84 Å². The van der Waals surface area contributed by atoms with Crippen molar-refractivity contribution in [1.29, 1.82) is 0 Å². The highest BCUT2D eigenvalue weighted by Crippen LogP contribution is 2.44. The molecule has 1 aromatic rings. The lowest BCUT2D eigenvalue weighted by Gasteiger charge is -2.41. The molecule has 1 aliphatic heterocycles. The summed E-state index contributed by atoms with van der Waals surface area (Å²) in [6, 6.07) is 8.32. The second kappa shape index (κ2) is 5.16. The predicted octanol–water partition coefficient (Wildman–Crippen LogP) is 3.88. The van der Waals surface area contributed by atoms with E-state index in [0.717, 1.165) is 31.6 Å². The van der Waals surface area contributed by atoms with Gasteiger partial charge in [-0.15, -0.1) is 0 Å². The van der Waals surface area contributed by atoms with E-state index in [4.69, 9.17) is 4.74 Å². The quantitative estimate of drug-likeness (QED) is 0.874. The van der Waals surface area contributed by atoms with Gasteiger partial charge in [-0.1, -0.05) is 38.0 Å². The van der Waals surface area contributed by atoms with Crippen molar-refractivity contribution >= 4 is 0 Å². The molecule has 3 rings (SSSR count). The number of hydrogen-bond donors (Lipinski definition) is 1. The van der Waals surface area contributed by atoms with Crippen LogP contribution in [0.15, 0.2) is 24.3 Å². The smallest absolute Gasteiger partial charge is 0.122 e. The van der Waals surface area contributed by atoms with E-state index < -0.39 is 5.60 Å². The Morgan fingerprint density at radius 3 is 2.95 bits per heavy atom. The maximum absolute atomic E-state index is 11.0. The summed E-state index contributed by atoms with van der Waals surface area (Å²) in [5, 5.41) is 11.0. The zero-order valence-electron chi connectivity index (χ0n) is 11.8. The van der Waals surface area contributed by atoms with E-state index in [1.165, 1.54) is 24.8 Å². The van der Waals surface area contributed by atoms with Crippen LogP contribution < -0.4 is 4.74 Å². The lowest BCUT2D eigenvalue weighted by atomic mass is 9.70. The first-order chi connectivity index (χ1) is 9.19. The van der Waals surface area contributed by atoms with Gasteiger partial charge in [0.15, 0.2) is 0 Å². The fourth-order valence-corrected chi connectivity index (χ4v) is 3.75. The summed E-state index contributed by atoms with van der Waals surface area (Å²) >= 11 is 0. The lowest BCUT2D eigenvalue weighted by Crippen LogP contribution is -2.41. The van der Waals surface area contributed by atoms with E-state index in [1.54, 1.807) is 0 Å². The van der Waals surface area contributed by atoms with Crippen LogP contribution in [0.1, 0.15) is 56.9 Å². The number of aliphatic hydroxyl groups is 1. The Labute approximate surface area is 115 Å². The molecule has 19 heavy (non-hydrogen) atoms. The minimum atomic E-state index is -0.465. The van der Waals surface area contributed by atoms with Gasteiger partial charge in [0.25, 0.3) is 0 Å². The molecule has 1 aliphatic carbocycles. The minimum Gasteiger partial charge on any atom is -0.493 e. The summed E-state index contributed by atoms with van der Waals surface area (Å²) < 4.78 is 5.72. The second-order valence-corrected chi connectivity index (χ2v) is 6.33. The number of benzene rings is 1. The van der Waals surface area contributed by atoms with Crippen molar-refractivity contribution < 1.29 is 9.84 Å². The van der Waals surface area contributed by atoms with E-state index in [1.807, 2.05) is 6.07 Å². The highest BCUT2D eigenvalue weighted by Gasteiger charge is 2.39. The van der Waals surface area contributed by atoms with Gasteiger partial charge in [0, 0.05) is 0 Å². The maximum atomic E-state index is 11.0. The van der Waals surface area contributed by atoms with E-state index in [9.17, 15) is 5.11 Å². The Bertz CT molecular complexity index is 443. The number of ether oxygens (including phenoxy) is 1. The highest BCUT2D eigenvalue weighted by atomic mass is 16.5. The molecule has 3 atom stereocenters. The zero-order chi connectivity index (χ0) is 13.3. The van der Waals surface area contributed by atoms with Crippen LogP contribution in [0.25, 0.3) is 0 Å². The fraction of sp³-hybridized carbons (Fsp3) is 0.647. The molecule has 1 fully saturated rings. The van der Waals surface area contributed by atoms with Crippen LogP contribution in [-0.2, 0) is 0 Å². The van der Waals surface area contributed by atoms with E-state index in [-0.39, 0.29) is 0 Å². The van der Waals surface area contributed by atoms with E-state index in [2.05, 4.69) is 25.1 Å². The fourth-order valence-electron chi connectivity index (χ4n) is 3.75. The van der Waals surface area contributed by atoms with Crippen molar-refractivity contribution in [3.05, 3.63) is 29.8 Å². The Hall–Kier alpha value is -1.02. The Morgan fingerprint density at radius 2 is 2.11 bits per heavy atom. The summed E-state index contributed by atoms with van der Waals surface area (Å²) in [7, 11) is 0. The molecule has 1 aromatic carbocycles. The van der Waals surface area contributed by atoms with Crippen LogP contribution in [-0.4, -0.2) is 17.3 Å². The Balaban J connectivity index is 1.80. The topological polar surface area (TPSA) is 29.5 Å². The van der Waals surface area contributed by atoms with Gasteiger partial charge in [-0.2, -0.15) is 0 Å². The largest absolute Gasteiger partial charge is 0.493 e.